The third-order valence-corrected chi connectivity index (χ3v) is 3.84. The number of halogens is 2. The quantitative estimate of drug-likeness (QED) is 0.443. The lowest BCUT2D eigenvalue weighted by Crippen LogP contribution is -2.05. The zero-order chi connectivity index (χ0) is 18.0. The van der Waals surface area contributed by atoms with E-state index in [1.807, 2.05) is 0 Å². The maximum absolute atomic E-state index is 13.0. The molecule has 0 aliphatic carbocycles. The summed E-state index contributed by atoms with van der Waals surface area (Å²) in [5, 5.41) is 0. The second kappa shape index (κ2) is 6.98. The van der Waals surface area contributed by atoms with Crippen molar-refractivity contribution in [1.82, 2.24) is 0 Å². The van der Waals surface area contributed by atoms with E-state index < -0.39 is 11.9 Å². The van der Waals surface area contributed by atoms with E-state index in [0.29, 0.717) is 21.3 Å². The zero-order valence-electron chi connectivity index (χ0n) is 13.0. The van der Waals surface area contributed by atoms with E-state index in [2.05, 4.69) is 20.9 Å². The number of carbonyl (C=O) groups is 2. The van der Waals surface area contributed by atoms with Crippen molar-refractivity contribution < 1.29 is 23.5 Å². The van der Waals surface area contributed by atoms with Crippen LogP contribution in [0.25, 0.3) is 6.08 Å². The molecule has 2 aromatic rings. The summed E-state index contributed by atoms with van der Waals surface area (Å²) >= 11 is 3.30. The lowest BCUT2D eigenvalue weighted by atomic mass is 10.2. The Labute approximate surface area is 150 Å². The molecule has 0 aromatic heterocycles. The Morgan fingerprint density at radius 1 is 1.24 bits per heavy atom. The molecule has 1 heterocycles. The number of benzene rings is 2. The van der Waals surface area contributed by atoms with Crippen LogP contribution in [0.3, 0.4) is 0 Å². The van der Waals surface area contributed by atoms with Crippen molar-refractivity contribution in [3.05, 3.63) is 69.6 Å². The molecule has 0 bridgehead atoms. The molecule has 2 aromatic carbocycles. The first kappa shape index (κ1) is 17.0. The van der Waals surface area contributed by atoms with Crippen LogP contribution in [-0.2, 0) is 14.3 Å². The van der Waals surface area contributed by atoms with E-state index in [4.69, 9.17) is 9.47 Å². The van der Waals surface area contributed by atoms with Gasteiger partial charge in [0.2, 0.25) is 5.90 Å². The monoisotopic (exact) mass is 403 g/mol. The number of esters is 2. The normalized spacial score (nSPS) is 15.1. The number of aliphatic imine (C=N–C) groups is 1. The SMILES string of the molecule is CC(=O)Oc1ccc(/C=C2/N=C(c3ccc(F)cc3)OC2=O)cc1Br. The minimum absolute atomic E-state index is 0.117. The van der Waals surface area contributed by atoms with Crippen molar-refractivity contribution in [3.8, 4) is 5.75 Å². The number of nitrogens with zero attached hydrogens (tertiary/aromatic N) is 1. The third-order valence-electron chi connectivity index (χ3n) is 3.22. The van der Waals surface area contributed by atoms with Crippen LogP contribution < -0.4 is 4.74 Å². The molecule has 25 heavy (non-hydrogen) atoms. The van der Waals surface area contributed by atoms with Crippen molar-refractivity contribution >= 4 is 39.8 Å². The largest absolute Gasteiger partial charge is 0.426 e. The Hall–Kier alpha value is -2.80. The smallest absolute Gasteiger partial charge is 0.363 e. The second-order valence-corrected chi connectivity index (χ2v) is 5.98. The first-order valence-electron chi connectivity index (χ1n) is 7.19. The molecular weight excluding hydrogens is 393 g/mol. The van der Waals surface area contributed by atoms with Crippen molar-refractivity contribution in [2.75, 3.05) is 0 Å². The summed E-state index contributed by atoms with van der Waals surface area (Å²) in [5.41, 5.74) is 1.29. The highest BCUT2D eigenvalue weighted by Crippen LogP contribution is 2.28. The van der Waals surface area contributed by atoms with Gasteiger partial charge >= 0.3 is 11.9 Å². The van der Waals surface area contributed by atoms with E-state index in [1.165, 1.54) is 31.2 Å². The van der Waals surface area contributed by atoms with Crippen molar-refractivity contribution in [2.45, 2.75) is 6.92 Å². The minimum atomic E-state index is -0.598. The molecule has 1 aliphatic heterocycles. The Morgan fingerprint density at radius 3 is 2.60 bits per heavy atom. The molecular formula is C18H11BrFNO4. The number of hydrogen-bond acceptors (Lipinski definition) is 5. The number of ether oxygens (including phenoxy) is 2. The summed E-state index contributed by atoms with van der Waals surface area (Å²) in [5.74, 6) is -0.924. The fourth-order valence-electron chi connectivity index (χ4n) is 2.13. The van der Waals surface area contributed by atoms with Gasteiger partial charge < -0.3 is 9.47 Å². The lowest BCUT2D eigenvalue weighted by molar-refractivity contribution is -0.132. The highest BCUT2D eigenvalue weighted by molar-refractivity contribution is 9.10. The van der Waals surface area contributed by atoms with E-state index in [-0.39, 0.29) is 17.4 Å². The van der Waals surface area contributed by atoms with Crippen molar-refractivity contribution in [1.29, 1.82) is 0 Å². The second-order valence-electron chi connectivity index (χ2n) is 5.13. The highest BCUT2D eigenvalue weighted by Gasteiger charge is 2.24. The molecule has 0 radical (unpaired) electrons. The van der Waals surface area contributed by atoms with Crippen LogP contribution in [0.4, 0.5) is 4.39 Å². The Balaban J connectivity index is 1.88. The summed E-state index contributed by atoms with van der Waals surface area (Å²) < 4.78 is 23.7. The molecule has 0 amide bonds. The molecule has 3 rings (SSSR count). The first-order valence-corrected chi connectivity index (χ1v) is 7.98. The van der Waals surface area contributed by atoms with E-state index in [0.717, 1.165) is 0 Å². The fraction of sp³-hybridized carbons (Fsp3) is 0.0556. The molecule has 0 spiro atoms. The molecule has 126 valence electrons. The fourth-order valence-corrected chi connectivity index (χ4v) is 2.60. The summed E-state index contributed by atoms with van der Waals surface area (Å²) in [6.45, 7) is 1.31. The molecule has 7 heteroatoms. The van der Waals surface area contributed by atoms with Crippen molar-refractivity contribution in [2.24, 2.45) is 4.99 Å². The lowest BCUT2D eigenvalue weighted by Gasteiger charge is -2.04. The van der Waals surface area contributed by atoms with Gasteiger partial charge in [-0.3, -0.25) is 4.79 Å². The van der Waals surface area contributed by atoms with E-state index in [9.17, 15) is 14.0 Å². The number of cyclic esters (lactones) is 1. The zero-order valence-corrected chi connectivity index (χ0v) is 14.5. The molecule has 5 nitrogen and oxygen atoms in total. The van der Waals surface area contributed by atoms with Crippen LogP contribution in [0.1, 0.15) is 18.1 Å². The Kier molecular flexibility index (Phi) is 4.76. The standard InChI is InChI=1S/C18H11BrFNO4/c1-10(22)24-16-7-2-11(8-14(16)19)9-15-18(23)25-17(21-15)12-3-5-13(20)6-4-12/h2-9H,1H3/b15-9+. The molecule has 1 aliphatic rings. The average molecular weight is 404 g/mol. The average Bonchev–Trinajstić information content (AvgIpc) is 2.91. The van der Waals surface area contributed by atoms with Gasteiger partial charge in [-0.05, 0) is 64.0 Å². The van der Waals surface area contributed by atoms with Crippen LogP contribution in [0, 0.1) is 5.82 Å². The van der Waals surface area contributed by atoms with Crippen LogP contribution in [-0.4, -0.2) is 17.8 Å². The van der Waals surface area contributed by atoms with Gasteiger partial charge in [0.25, 0.3) is 0 Å². The highest BCUT2D eigenvalue weighted by atomic mass is 79.9. The summed E-state index contributed by atoms with van der Waals surface area (Å²) in [4.78, 5) is 27.1. The van der Waals surface area contributed by atoms with Crippen LogP contribution in [0.5, 0.6) is 5.75 Å². The van der Waals surface area contributed by atoms with E-state index >= 15 is 0 Å². The molecule has 0 saturated heterocycles. The summed E-state index contributed by atoms with van der Waals surface area (Å²) in [6, 6.07) is 10.4. The molecule has 0 N–H and O–H groups in total. The predicted molar refractivity (Wildman–Crippen MR) is 92.5 cm³/mol. The molecule has 0 atom stereocenters. The Bertz CT molecular complexity index is 919. The summed E-state index contributed by atoms with van der Waals surface area (Å²) in [7, 11) is 0. The third kappa shape index (κ3) is 4.00. The van der Waals surface area contributed by atoms with Crippen LogP contribution >= 0.6 is 15.9 Å². The number of rotatable bonds is 3. The van der Waals surface area contributed by atoms with Crippen molar-refractivity contribution in [3.63, 3.8) is 0 Å². The van der Waals surface area contributed by atoms with Gasteiger partial charge in [-0.1, -0.05) is 6.07 Å². The minimum Gasteiger partial charge on any atom is -0.426 e. The van der Waals surface area contributed by atoms with Gasteiger partial charge in [-0.25, -0.2) is 14.2 Å². The van der Waals surface area contributed by atoms with Gasteiger partial charge in [-0.15, -0.1) is 0 Å². The first-order chi connectivity index (χ1) is 11.9. The van der Waals surface area contributed by atoms with Gasteiger partial charge in [0.15, 0.2) is 5.70 Å². The van der Waals surface area contributed by atoms with E-state index in [1.54, 1.807) is 24.3 Å². The Morgan fingerprint density at radius 2 is 1.96 bits per heavy atom. The maximum Gasteiger partial charge on any atom is 0.363 e. The number of carbonyl (C=O) groups excluding carboxylic acids is 2. The maximum atomic E-state index is 13.0. The topological polar surface area (TPSA) is 65.0 Å². The van der Waals surface area contributed by atoms with Crippen LogP contribution in [0.2, 0.25) is 0 Å². The van der Waals surface area contributed by atoms with Gasteiger partial charge in [0.05, 0.1) is 4.47 Å². The molecule has 0 fully saturated rings. The van der Waals surface area contributed by atoms with Gasteiger partial charge in [-0.2, -0.15) is 0 Å². The molecule has 0 saturated carbocycles. The van der Waals surface area contributed by atoms with Gasteiger partial charge in [0, 0.05) is 12.5 Å². The van der Waals surface area contributed by atoms with Crippen LogP contribution in [0.15, 0.2) is 57.6 Å². The predicted octanol–water partition coefficient (Wildman–Crippen LogP) is 3.86. The molecule has 0 unspecified atom stereocenters. The summed E-state index contributed by atoms with van der Waals surface area (Å²) in [6.07, 6.45) is 1.54. The number of hydrogen-bond donors (Lipinski definition) is 0. The van der Waals surface area contributed by atoms with Gasteiger partial charge in [0.1, 0.15) is 11.6 Å².